The van der Waals surface area contributed by atoms with Crippen LogP contribution in [0.1, 0.15) is 22.5 Å². The fraction of sp³-hybridized carbons (Fsp3) is 0.294. The zero-order chi connectivity index (χ0) is 17.0. The molecule has 7 heteroatoms. The summed E-state index contributed by atoms with van der Waals surface area (Å²) in [6, 6.07) is 11.7. The van der Waals surface area contributed by atoms with Gasteiger partial charge in [0.25, 0.3) is 5.91 Å². The van der Waals surface area contributed by atoms with Crippen molar-refractivity contribution >= 4 is 15.9 Å². The van der Waals surface area contributed by atoms with E-state index in [-0.39, 0.29) is 17.3 Å². The molecule has 1 fully saturated rings. The lowest BCUT2D eigenvalue weighted by molar-refractivity contribution is 0.0651. The third-order valence-electron chi connectivity index (χ3n) is 3.93. The molecular weight excluding hydrogens is 326 g/mol. The zero-order valence-corrected chi connectivity index (χ0v) is 14.0. The number of sulfonamides is 1. The molecule has 0 radical (unpaired) electrons. The summed E-state index contributed by atoms with van der Waals surface area (Å²) in [7, 11) is -3.65. The van der Waals surface area contributed by atoms with Gasteiger partial charge in [-0.05, 0) is 36.8 Å². The molecule has 2 aromatic rings. The number of pyridine rings is 1. The average Bonchev–Trinajstić information content (AvgIpc) is 2.54. The molecule has 0 spiro atoms. The third-order valence-corrected chi connectivity index (χ3v) is 5.39. The van der Waals surface area contributed by atoms with Crippen molar-refractivity contribution in [1.29, 1.82) is 0 Å². The third kappa shape index (κ3) is 3.80. The van der Waals surface area contributed by atoms with Crippen molar-refractivity contribution in [1.82, 2.24) is 14.6 Å². The summed E-state index contributed by atoms with van der Waals surface area (Å²) in [6.07, 6.45) is 3.18. The number of hydrogen-bond acceptors (Lipinski definition) is 4. The molecule has 1 N–H and O–H groups in total. The Balaban J connectivity index is 1.66. The summed E-state index contributed by atoms with van der Waals surface area (Å²) in [4.78, 5) is 18.2. The Kier molecular flexibility index (Phi) is 4.92. The molecule has 0 unspecified atom stereocenters. The van der Waals surface area contributed by atoms with E-state index >= 15 is 0 Å². The number of carbonyl (C=O) groups excluding carboxylic acids is 1. The van der Waals surface area contributed by atoms with Crippen molar-refractivity contribution in [3.05, 3.63) is 59.9 Å². The standard InChI is InChI=1S/C17H19N3O3S/c21-17(20-11-4-12-20)14-5-3-7-16(13-14)24(22,23)19-10-8-15-6-1-2-9-18-15/h1-3,5-7,9,13,19H,4,8,10-12H2. The van der Waals surface area contributed by atoms with Gasteiger partial charge in [-0.2, -0.15) is 0 Å². The molecule has 0 aliphatic carbocycles. The molecule has 24 heavy (non-hydrogen) atoms. The molecule has 1 saturated heterocycles. The van der Waals surface area contributed by atoms with E-state index in [4.69, 9.17) is 0 Å². The molecule has 1 amide bonds. The minimum Gasteiger partial charge on any atom is -0.339 e. The molecule has 126 valence electrons. The summed E-state index contributed by atoms with van der Waals surface area (Å²) in [5.41, 5.74) is 1.23. The number of aromatic nitrogens is 1. The van der Waals surface area contributed by atoms with Gasteiger partial charge in [-0.3, -0.25) is 9.78 Å². The number of nitrogens with zero attached hydrogens (tertiary/aromatic N) is 2. The summed E-state index contributed by atoms with van der Waals surface area (Å²) in [5.74, 6) is -0.119. The van der Waals surface area contributed by atoms with Gasteiger partial charge in [0.1, 0.15) is 0 Å². The van der Waals surface area contributed by atoms with E-state index in [9.17, 15) is 13.2 Å². The largest absolute Gasteiger partial charge is 0.339 e. The second-order valence-electron chi connectivity index (χ2n) is 5.64. The van der Waals surface area contributed by atoms with Crippen LogP contribution in [-0.2, 0) is 16.4 Å². The second-order valence-corrected chi connectivity index (χ2v) is 7.41. The van der Waals surface area contributed by atoms with E-state index in [0.717, 1.165) is 25.2 Å². The highest BCUT2D eigenvalue weighted by Gasteiger charge is 2.23. The molecule has 1 aliphatic rings. The van der Waals surface area contributed by atoms with Crippen molar-refractivity contribution in [2.75, 3.05) is 19.6 Å². The van der Waals surface area contributed by atoms with Crippen LogP contribution in [0.5, 0.6) is 0 Å². The summed E-state index contributed by atoms with van der Waals surface area (Å²) in [5, 5.41) is 0. The molecule has 0 atom stereocenters. The Labute approximate surface area is 141 Å². The number of nitrogens with one attached hydrogen (secondary N) is 1. The number of rotatable bonds is 6. The summed E-state index contributed by atoms with van der Waals surface area (Å²) < 4.78 is 27.3. The summed E-state index contributed by atoms with van der Waals surface area (Å²) in [6.45, 7) is 1.72. The van der Waals surface area contributed by atoms with Crippen LogP contribution in [0.3, 0.4) is 0 Å². The minimum absolute atomic E-state index is 0.106. The predicted octanol–water partition coefficient (Wildman–Crippen LogP) is 1.45. The van der Waals surface area contributed by atoms with Crippen molar-refractivity contribution < 1.29 is 13.2 Å². The van der Waals surface area contributed by atoms with Crippen LogP contribution in [0.2, 0.25) is 0 Å². The number of amides is 1. The number of benzene rings is 1. The topological polar surface area (TPSA) is 79.4 Å². The average molecular weight is 345 g/mol. The molecule has 1 aromatic heterocycles. The summed E-state index contributed by atoms with van der Waals surface area (Å²) >= 11 is 0. The van der Waals surface area contributed by atoms with Gasteiger partial charge in [-0.25, -0.2) is 13.1 Å². The fourth-order valence-corrected chi connectivity index (χ4v) is 3.52. The maximum atomic E-state index is 12.4. The smallest absolute Gasteiger partial charge is 0.253 e. The van der Waals surface area contributed by atoms with Gasteiger partial charge >= 0.3 is 0 Å². The lowest BCUT2D eigenvalue weighted by Gasteiger charge is -2.31. The van der Waals surface area contributed by atoms with E-state index in [1.807, 2.05) is 18.2 Å². The van der Waals surface area contributed by atoms with Crippen molar-refractivity contribution in [3.63, 3.8) is 0 Å². The fourth-order valence-electron chi connectivity index (χ4n) is 2.44. The molecule has 3 rings (SSSR count). The molecular formula is C17H19N3O3S. The molecule has 1 aromatic carbocycles. The maximum Gasteiger partial charge on any atom is 0.253 e. The van der Waals surface area contributed by atoms with Crippen LogP contribution < -0.4 is 4.72 Å². The first kappa shape index (κ1) is 16.6. The predicted molar refractivity (Wildman–Crippen MR) is 90.1 cm³/mol. The first-order valence-corrected chi connectivity index (χ1v) is 9.33. The van der Waals surface area contributed by atoms with Crippen molar-refractivity contribution in [2.45, 2.75) is 17.7 Å². The van der Waals surface area contributed by atoms with E-state index < -0.39 is 10.0 Å². The zero-order valence-electron chi connectivity index (χ0n) is 13.2. The first-order chi connectivity index (χ1) is 11.6. The highest BCUT2D eigenvalue weighted by atomic mass is 32.2. The Hall–Kier alpha value is -2.25. The van der Waals surface area contributed by atoms with Crippen LogP contribution in [0.15, 0.2) is 53.6 Å². The number of likely N-dealkylation sites (tertiary alicyclic amines) is 1. The van der Waals surface area contributed by atoms with Crippen LogP contribution in [-0.4, -0.2) is 43.8 Å². The minimum atomic E-state index is -3.65. The van der Waals surface area contributed by atoms with Crippen LogP contribution in [0.25, 0.3) is 0 Å². The van der Waals surface area contributed by atoms with Gasteiger partial charge in [-0.15, -0.1) is 0 Å². The highest BCUT2D eigenvalue weighted by Crippen LogP contribution is 2.16. The number of carbonyl (C=O) groups is 1. The van der Waals surface area contributed by atoms with E-state index in [1.54, 1.807) is 23.2 Å². The van der Waals surface area contributed by atoms with Gasteiger partial charge in [0.2, 0.25) is 10.0 Å². The Morgan fingerprint density at radius 3 is 2.67 bits per heavy atom. The second kappa shape index (κ2) is 7.11. The molecule has 0 bridgehead atoms. The number of hydrogen-bond donors (Lipinski definition) is 1. The maximum absolute atomic E-state index is 12.4. The van der Waals surface area contributed by atoms with E-state index in [1.165, 1.54) is 12.1 Å². The van der Waals surface area contributed by atoms with Gasteiger partial charge in [0.15, 0.2) is 0 Å². The quantitative estimate of drug-likeness (QED) is 0.859. The van der Waals surface area contributed by atoms with E-state index in [0.29, 0.717) is 12.0 Å². The normalized spacial score (nSPS) is 14.2. The molecule has 6 nitrogen and oxygen atoms in total. The van der Waals surface area contributed by atoms with Crippen LogP contribution in [0.4, 0.5) is 0 Å². The SMILES string of the molecule is O=C(c1cccc(S(=O)(=O)NCCc2ccccn2)c1)N1CCC1. The van der Waals surface area contributed by atoms with Crippen molar-refractivity contribution in [2.24, 2.45) is 0 Å². The van der Waals surface area contributed by atoms with Gasteiger partial charge in [0.05, 0.1) is 4.90 Å². The Bertz CT molecular complexity index is 818. The molecule has 2 heterocycles. The Morgan fingerprint density at radius 1 is 1.17 bits per heavy atom. The van der Waals surface area contributed by atoms with Crippen LogP contribution >= 0.6 is 0 Å². The highest BCUT2D eigenvalue weighted by molar-refractivity contribution is 7.89. The van der Waals surface area contributed by atoms with Gasteiger partial charge in [0, 0.05) is 43.5 Å². The lowest BCUT2D eigenvalue weighted by atomic mass is 10.1. The van der Waals surface area contributed by atoms with Crippen molar-refractivity contribution in [3.8, 4) is 0 Å². The van der Waals surface area contributed by atoms with E-state index in [2.05, 4.69) is 9.71 Å². The lowest BCUT2D eigenvalue weighted by Crippen LogP contribution is -2.42. The molecule has 0 saturated carbocycles. The van der Waals surface area contributed by atoms with Gasteiger partial charge in [-0.1, -0.05) is 12.1 Å². The Morgan fingerprint density at radius 2 is 2.00 bits per heavy atom. The monoisotopic (exact) mass is 345 g/mol. The van der Waals surface area contributed by atoms with Crippen LogP contribution in [0, 0.1) is 0 Å². The first-order valence-electron chi connectivity index (χ1n) is 7.85. The van der Waals surface area contributed by atoms with Gasteiger partial charge < -0.3 is 4.90 Å². The molecule has 1 aliphatic heterocycles.